The molecule has 1 aromatic carbocycles. The molecule has 18 heavy (non-hydrogen) atoms. The molecule has 1 N–H and O–H groups in total. The molecule has 0 aliphatic carbocycles. The van der Waals surface area contributed by atoms with Crippen molar-refractivity contribution in [2.24, 2.45) is 7.05 Å². The van der Waals surface area contributed by atoms with Crippen LogP contribution in [0.25, 0.3) is 17.0 Å². The van der Waals surface area contributed by atoms with Gasteiger partial charge in [-0.05, 0) is 35.8 Å². The Balaban J connectivity index is 2.52. The standard InChI is InChI=1S/C15H17NO2/c1-10(2)11-4-6-14-12(8-11)9-13(16(14)3)5-7-15(17)18/h4-10H,1-3H3,(H,17,18)/b7-5+. The lowest BCUT2D eigenvalue weighted by Crippen LogP contribution is -1.92. The van der Waals surface area contributed by atoms with E-state index >= 15 is 0 Å². The van der Waals surface area contributed by atoms with E-state index in [4.69, 9.17) is 5.11 Å². The van der Waals surface area contributed by atoms with Crippen molar-refractivity contribution in [2.75, 3.05) is 0 Å². The van der Waals surface area contributed by atoms with E-state index in [1.165, 1.54) is 5.56 Å². The van der Waals surface area contributed by atoms with Crippen molar-refractivity contribution in [3.05, 3.63) is 41.6 Å². The van der Waals surface area contributed by atoms with Gasteiger partial charge in [0, 0.05) is 29.7 Å². The van der Waals surface area contributed by atoms with Crippen LogP contribution in [-0.4, -0.2) is 15.6 Å². The molecular formula is C15H17NO2. The Labute approximate surface area is 106 Å². The first-order valence-electron chi connectivity index (χ1n) is 5.99. The van der Waals surface area contributed by atoms with Gasteiger partial charge in [-0.15, -0.1) is 0 Å². The number of aliphatic carboxylic acids is 1. The minimum Gasteiger partial charge on any atom is -0.478 e. The summed E-state index contributed by atoms with van der Waals surface area (Å²) >= 11 is 0. The molecule has 0 bridgehead atoms. The van der Waals surface area contributed by atoms with Gasteiger partial charge in [-0.1, -0.05) is 19.9 Å². The molecule has 0 atom stereocenters. The number of carboxylic acids is 1. The molecule has 3 nitrogen and oxygen atoms in total. The van der Waals surface area contributed by atoms with Gasteiger partial charge < -0.3 is 9.67 Å². The highest BCUT2D eigenvalue weighted by Crippen LogP contribution is 2.24. The number of hydrogen-bond acceptors (Lipinski definition) is 1. The zero-order valence-electron chi connectivity index (χ0n) is 10.8. The Morgan fingerprint density at radius 2 is 2.06 bits per heavy atom. The molecule has 0 aliphatic rings. The summed E-state index contributed by atoms with van der Waals surface area (Å²) in [6, 6.07) is 8.39. The number of benzene rings is 1. The number of aryl methyl sites for hydroxylation is 1. The van der Waals surface area contributed by atoms with Gasteiger partial charge in [0.2, 0.25) is 0 Å². The molecule has 2 rings (SSSR count). The summed E-state index contributed by atoms with van der Waals surface area (Å²) in [6.07, 6.45) is 2.79. The molecule has 2 aromatic rings. The number of hydrogen-bond donors (Lipinski definition) is 1. The summed E-state index contributed by atoms with van der Waals surface area (Å²) in [5, 5.41) is 9.81. The molecule has 0 aliphatic heterocycles. The van der Waals surface area contributed by atoms with E-state index in [0.29, 0.717) is 5.92 Å². The van der Waals surface area contributed by atoms with Crippen LogP contribution in [0.3, 0.4) is 0 Å². The lowest BCUT2D eigenvalue weighted by atomic mass is 10.0. The average Bonchev–Trinajstić information content (AvgIpc) is 2.63. The van der Waals surface area contributed by atoms with Gasteiger partial charge in [-0.2, -0.15) is 0 Å². The van der Waals surface area contributed by atoms with Gasteiger partial charge in [0.1, 0.15) is 0 Å². The number of carboxylic acid groups (broad SMARTS) is 1. The molecule has 0 amide bonds. The summed E-state index contributed by atoms with van der Waals surface area (Å²) in [5.41, 5.74) is 3.31. The molecule has 0 unspecified atom stereocenters. The van der Waals surface area contributed by atoms with Crippen molar-refractivity contribution < 1.29 is 9.90 Å². The van der Waals surface area contributed by atoms with Crippen LogP contribution in [0, 0.1) is 0 Å². The third kappa shape index (κ3) is 2.30. The fourth-order valence-electron chi connectivity index (χ4n) is 2.06. The van der Waals surface area contributed by atoms with Crippen molar-refractivity contribution >= 4 is 22.9 Å². The van der Waals surface area contributed by atoms with Gasteiger partial charge in [0.15, 0.2) is 0 Å². The van der Waals surface area contributed by atoms with Crippen molar-refractivity contribution in [3.8, 4) is 0 Å². The van der Waals surface area contributed by atoms with Crippen LogP contribution in [0.4, 0.5) is 0 Å². The molecule has 3 heteroatoms. The summed E-state index contributed by atoms with van der Waals surface area (Å²) in [4.78, 5) is 10.5. The summed E-state index contributed by atoms with van der Waals surface area (Å²) in [7, 11) is 1.94. The molecular weight excluding hydrogens is 226 g/mol. The van der Waals surface area contributed by atoms with Crippen LogP contribution in [-0.2, 0) is 11.8 Å². The van der Waals surface area contributed by atoms with Crippen LogP contribution in [0.15, 0.2) is 30.3 Å². The van der Waals surface area contributed by atoms with E-state index in [0.717, 1.165) is 22.7 Å². The van der Waals surface area contributed by atoms with Crippen LogP contribution in [0.2, 0.25) is 0 Å². The molecule has 0 saturated heterocycles. The van der Waals surface area contributed by atoms with E-state index in [2.05, 4.69) is 32.0 Å². The van der Waals surface area contributed by atoms with Crippen molar-refractivity contribution in [2.45, 2.75) is 19.8 Å². The number of fused-ring (bicyclic) bond motifs is 1. The molecule has 1 heterocycles. The predicted molar refractivity (Wildman–Crippen MR) is 73.7 cm³/mol. The van der Waals surface area contributed by atoms with Crippen molar-refractivity contribution in [1.82, 2.24) is 4.57 Å². The number of carbonyl (C=O) groups is 1. The molecule has 94 valence electrons. The monoisotopic (exact) mass is 243 g/mol. The predicted octanol–water partition coefficient (Wildman–Crippen LogP) is 3.40. The fourth-order valence-corrected chi connectivity index (χ4v) is 2.06. The zero-order chi connectivity index (χ0) is 13.3. The summed E-state index contributed by atoms with van der Waals surface area (Å²) < 4.78 is 2.00. The minimum absolute atomic E-state index is 0.493. The molecule has 0 spiro atoms. The van der Waals surface area contributed by atoms with Crippen LogP contribution in [0.1, 0.15) is 31.0 Å². The molecule has 1 aromatic heterocycles. The van der Waals surface area contributed by atoms with Crippen LogP contribution >= 0.6 is 0 Å². The Morgan fingerprint density at radius 1 is 1.33 bits per heavy atom. The maximum absolute atomic E-state index is 10.5. The first-order chi connectivity index (χ1) is 8.49. The van der Waals surface area contributed by atoms with Gasteiger partial charge in [0.05, 0.1) is 0 Å². The van der Waals surface area contributed by atoms with Gasteiger partial charge in [0.25, 0.3) is 0 Å². The maximum atomic E-state index is 10.5. The highest BCUT2D eigenvalue weighted by atomic mass is 16.4. The maximum Gasteiger partial charge on any atom is 0.328 e. The smallest absolute Gasteiger partial charge is 0.328 e. The van der Waals surface area contributed by atoms with Gasteiger partial charge in [-0.25, -0.2) is 4.79 Å². The topological polar surface area (TPSA) is 42.2 Å². The van der Waals surface area contributed by atoms with Gasteiger partial charge >= 0.3 is 5.97 Å². The second-order valence-corrected chi connectivity index (χ2v) is 4.77. The Hall–Kier alpha value is -2.03. The summed E-state index contributed by atoms with van der Waals surface area (Å²) in [5.74, 6) is -0.434. The fraction of sp³-hybridized carbons (Fsp3) is 0.267. The Kier molecular flexibility index (Phi) is 3.24. The lowest BCUT2D eigenvalue weighted by Gasteiger charge is -2.05. The normalized spacial score (nSPS) is 11.8. The first kappa shape index (κ1) is 12.4. The quantitative estimate of drug-likeness (QED) is 0.839. The highest BCUT2D eigenvalue weighted by Gasteiger charge is 2.06. The zero-order valence-corrected chi connectivity index (χ0v) is 10.8. The summed E-state index contributed by atoms with van der Waals surface area (Å²) in [6.45, 7) is 4.32. The van der Waals surface area contributed by atoms with E-state index in [1.807, 2.05) is 17.7 Å². The van der Waals surface area contributed by atoms with Crippen LogP contribution in [0.5, 0.6) is 0 Å². The van der Waals surface area contributed by atoms with Gasteiger partial charge in [-0.3, -0.25) is 0 Å². The Bertz CT molecular complexity index is 621. The first-order valence-corrected chi connectivity index (χ1v) is 5.99. The third-order valence-electron chi connectivity index (χ3n) is 3.17. The number of aromatic nitrogens is 1. The largest absolute Gasteiger partial charge is 0.478 e. The molecule has 0 saturated carbocycles. The molecule has 0 fully saturated rings. The number of rotatable bonds is 3. The van der Waals surface area contributed by atoms with Crippen LogP contribution < -0.4 is 0 Å². The van der Waals surface area contributed by atoms with E-state index in [-0.39, 0.29) is 0 Å². The number of nitrogens with zero attached hydrogens (tertiary/aromatic N) is 1. The minimum atomic E-state index is -0.928. The second-order valence-electron chi connectivity index (χ2n) is 4.77. The average molecular weight is 243 g/mol. The van der Waals surface area contributed by atoms with Crippen molar-refractivity contribution in [3.63, 3.8) is 0 Å². The SMILES string of the molecule is CC(C)c1ccc2c(c1)cc(/C=C/C(=O)O)n2C. The van der Waals surface area contributed by atoms with E-state index < -0.39 is 5.97 Å². The highest BCUT2D eigenvalue weighted by molar-refractivity contribution is 5.88. The Morgan fingerprint density at radius 3 is 2.67 bits per heavy atom. The molecule has 0 radical (unpaired) electrons. The van der Waals surface area contributed by atoms with E-state index in [1.54, 1.807) is 6.08 Å². The van der Waals surface area contributed by atoms with Crippen molar-refractivity contribution in [1.29, 1.82) is 0 Å². The second kappa shape index (κ2) is 4.69. The lowest BCUT2D eigenvalue weighted by molar-refractivity contribution is -0.131. The third-order valence-corrected chi connectivity index (χ3v) is 3.17. The van der Waals surface area contributed by atoms with E-state index in [9.17, 15) is 4.79 Å².